The molecule has 5 rings (SSSR count). The first kappa shape index (κ1) is 27.0. The average Bonchev–Trinajstić information content (AvgIpc) is 3.65. The molecule has 0 spiro atoms. The fourth-order valence-corrected chi connectivity index (χ4v) is 7.40. The van der Waals surface area contributed by atoms with Crippen LogP contribution >= 0.6 is 34.4 Å². The second-order valence-corrected chi connectivity index (χ2v) is 11.8. The minimum absolute atomic E-state index is 0.0410. The molecule has 3 aromatic heterocycles. The molecule has 11 heteroatoms. The van der Waals surface area contributed by atoms with Crippen LogP contribution in [0.4, 0.5) is 0 Å². The second-order valence-electron chi connectivity index (χ2n) is 8.96. The number of thioether (sulfide) groups is 1. The van der Waals surface area contributed by atoms with Gasteiger partial charge >= 0.3 is 5.97 Å². The van der Waals surface area contributed by atoms with Gasteiger partial charge in [-0.3, -0.25) is 0 Å². The Kier molecular flexibility index (Phi) is 8.05. The summed E-state index contributed by atoms with van der Waals surface area (Å²) in [6, 6.07) is 12.2. The van der Waals surface area contributed by atoms with Crippen LogP contribution in [0.1, 0.15) is 34.5 Å². The summed E-state index contributed by atoms with van der Waals surface area (Å²) in [6.45, 7) is 3.50. The van der Waals surface area contributed by atoms with Crippen molar-refractivity contribution in [2.45, 2.75) is 30.8 Å². The van der Waals surface area contributed by atoms with E-state index >= 15 is 0 Å². The third kappa shape index (κ3) is 5.19. The minimum Gasteiger partial charge on any atom is -0.463 e. The number of likely N-dealkylation sites (N-methyl/N-ethyl adjacent to an activating group) is 1. The number of allylic oxidation sites excluding steroid dienone is 1. The Morgan fingerprint density at radius 3 is 2.74 bits per heavy atom. The number of aromatic nitrogens is 1. The van der Waals surface area contributed by atoms with Gasteiger partial charge in [-0.2, -0.15) is 10.5 Å². The Morgan fingerprint density at radius 1 is 1.28 bits per heavy atom. The van der Waals surface area contributed by atoms with Gasteiger partial charge in [0.05, 0.1) is 29.4 Å². The molecule has 0 aliphatic carbocycles. The van der Waals surface area contributed by atoms with Crippen LogP contribution in [-0.2, 0) is 27.2 Å². The van der Waals surface area contributed by atoms with E-state index in [2.05, 4.69) is 24.1 Å². The highest BCUT2D eigenvalue weighted by Crippen LogP contribution is 2.44. The van der Waals surface area contributed by atoms with Gasteiger partial charge in [0, 0.05) is 40.5 Å². The summed E-state index contributed by atoms with van der Waals surface area (Å²) in [5, 5.41) is 24.6. The number of nitrogens with zero attached hydrogens (tertiary/aromatic N) is 4. The number of rotatable bonds is 7. The van der Waals surface area contributed by atoms with Crippen molar-refractivity contribution < 1.29 is 14.3 Å². The van der Waals surface area contributed by atoms with Gasteiger partial charge in [-0.25, -0.2) is 9.78 Å². The lowest BCUT2D eigenvalue weighted by molar-refractivity contribution is -0.139. The van der Waals surface area contributed by atoms with Gasteiger partial charge in [0.15, 0.2) is 0 Å². The lowest BCUT2D eigenvalue weighted by atomic mass is 9.87. The van der Waals surface area contributed by atoms with Gasteiger partial charge in [0.2, 0.25) is 5.88 Å². The molecule has 0 fully saturated rings. The van der Waals surface area contributed by atoms with Crippen molar-refractivity contribution in [3.05, 3.63) is 79.5 Å². The van der Waals surface area contributed by atoms with Crippen molar-refractivity contribution in [1.82, 2.24) is 9.88 Å². The molecular weight excluding hydrogens is 551 g/mol. The number of fused-ring (bicyclic) bond motifs is 1. The molecule has 1 unspecified atom stereocenters. The standard InChI is InChI=1S/C28H25N5O3S3/c1-3-35-28(34)25-20(36-26(31)16(12-29)24(25)22-7-5-11-38-22)15-39-27-17(13-30)23(21-6-4-10-37-21)18-14-33(2)9-8-19(18)32-27/h4-7,10-11,24H,3,8-9,14-15,31H2,1-2H3. The third-order valence-electron chi connectivity index (χ3n) is 6.55. The van der Waals surface area contributed by atoms with Crippen LogP contribution in [0.2, 0.25) is 0 Å². The smallest absolute Gasteiger partial charge is 0.338 e. The van der Waals surface area contributed by atoms with Gasteiger partial charge in [0.1, 0.15) is 28.5 Å². The van der Waals surface area contributed by atoms with Gasteiger partial charge in [-0.15, -0.1) is 22.7 Å². The quantitative estimate of drug-likeness (QED) is 0.301. The summed E-state index contributed by atoms with van der Waals surface area (Å²) in [5.41, 5.74) is 10.1. The number of carbonyl (C=O) groups is 1. The van der Waals surface area contributed by atoms with Crippen LogP contribution in [0.3, 0.4) is 0 Å². The molecule has 1 atom stereocenters. The van der Waals surface area contributed by atoms with Gasteiger partial charge < -0.3 is 20.1 Å². The highest BCUT2D eigenvalue weighted by Gasteiger charge is 2.38. The summed E-state index contributed by atoms with van der Waals surface area (Å²) < 4.78 is 11.3. The molecule has 2 N–H and O–H groups in total. The lowest BCUT2D eigenvalue weighted by Crippen LogP contribution is -2.28. The van der Waals surface area contributed by atoms with Crippen LogP contribution in [0.25, 0.3) is 10.4 Å². The van der Waals surface area contributed by atoms with E-state index in [-0.39, 0.29) is 29.4 Å². The number of pyridine rings is 1. The van der Waals surface area contributed by atoms with Gasteiger partial charge in [-0.1, -0.05) is 23.9 Å². The van der Waals surface area contributed by atoms with E-state index in [0.29, 0.717) is 16.3 Å². The minimum atomic E-state index is -0.692. The van der Waals surface area contributed by atoms with Crippen molar-refractivity contribution in [3.63, 3.8) is 0 Å². The topological polar surface area (TPSA) is 125 Å². The summed E-state index contributed by atoms with van der Waals surface area (Å²) in [7, 11) is 2.07. The molecule has 0 saturated heterocycles. The molecule has 0 saturated carbocycles. The number of hydrogen-bond acceptors (Lipinski definition) is 11. The molecule has 39 heavy (non-hydrogen) atoms. The maximum absolute atomic E-state index is 13.2. The van der Waals surface area contributed by atoms with Crippen molar-refractivity contribution in [2.75, 3.05) is 26.0 Å². The molecule has 0 aromatic carbocycles. The first-order valence-electron chi connectivity index (χ1n) is 12.3. The Labute approximate surface area is 239 Å². The zero-order valence-corrected chi connectivity index (χ0v) is 23.8. The van der Waals surface area contributed by atoms with Crippen LogP contribution in [0.5, 0.6) is 0 Å². The predicted molar refractivity (Wildman–Crippen MR) is 152 cm³/mol. The number of hydrogen-bond donors (Lipinski definition) is 1. The lowest BCUT2D eigenvalue weighted by Gasteiger charge is -2.28. The Hall–Kier alpha value is -3.61. The summed E-state index contributed by atoms with van der Waals surface area (Å²) >= 11 is 4.34. The van der Waals surface area contributed by atoms with E-state index in [1.807, 2.05) is 35.0 Å². The SMILES string of the molecule is CCOC(=O)C1=C(CSc2nc3c(c(-c4cccs4)c2C#N)CN(C)CC3)OC(N)=C(C#N)C1c1cccs1. The van der Waals surface area contributed by atoms with E-state index in [0.717, 1.165) is 46.1 Å². The fourth-order valence-electron chi connectivity index (χ4n) is 4.80. The molecule has 2 aliphatic rings. The van der Waals surface area contributed by atoms with Crippen molar-refractivity contribution in [1.29, 1.82) is 10.5 Å². The largest absolute Gasteiger partial charge is 0.463 e. The van der Waals surface area contributed by atoms with Crippen LogP contribution in [0, 0.1) is 22.7 Å². The fraction of sp³-hybridized carbons (Fsp3) is 0.286. The van der Waals surface area contributed by atoms with Crippen LogP contribution in [0.15, 0.2) is 62.8 Å². The maximum atomic E-state index is 13.2. The van der Waals surface area contributed by atoms with E-state index < -0.39 is 11.9 Å². The highest BCUT2D eigenvalue weighted by atomic mass is 32.2. The summed E-state index contributed by atoms with van der Waals surface area (Å²) in [4.78, 5) is 22.2. The number of nitriles is 2. The molecule has 8 nitrogen and oxygen atoms in total. The zero-order valence-electron chi connectivity index (χ0n) is 21.4. The molecule has 2 aliphatic heterocycles. The molecular formula is C28H25N5O3S3. The summed E-state index contributed by atoms with van der Waals surface area (Å²) in [5.74, 6) is -0.815. The Balaban J connectivity index is 1.59. The maximum Gasteiger partial charge on any atom is 0.338 e. The second kappa shape index (κ2) is 11.6. The van der Waals surface area contributed by atoms with Crippen molar-refractivity contribution >= 4 is 40.4 Å². The Morgan fingerprint density at radius 2 is 2.08 bits per heavy atom. The van der Waals surface area contributed by atoms with E-state index in [9.17, 15) is 15.3 Å². The predicted octanol–water partition coefficient (Wildman–Crippen LogP) is 5.15. The molecule has 198 valence electrons. The van der Waals surface area contributed by atoms with Crippen LogP contribution < -0.4 is 5.73 Å². The number of thiophene rings is 2. The molecule has 0 radical (unpaired) electrons. The average molecular weight is 576 g/mol. The first-order valence-corrected chi connectivity index (χ1v) is 15.0. The molecule has 0 bridgehead atoms. The third-order valence-corrected chi connectivity index (χ3v) is 9.35. The Bertz CT molecular complexity index is 1550. The first-order chi connectivity index (χ1) is 19.0. The summed E-state index contributed by atoms with van der Waals surface area (Å²) in [6.07, 6.45) is 0.776. The van der Waals surface area contributed by atoms with Crippen molar-refractivity contribution in [3.8, 4) is 22.6 Å². The zero-order chi connectivity index (χ0) is 27.5. The van der Waals surface area contributed by atoms with Gasteiger partial charge in [-0.05, 0) is 42.4 Å². The van der Waals surface area contributed by atoms with E-state index in [1.165, 1.54) is 23.1 Å². The molecule has 5 heterocycles. The number of carbonyl (C=O) groups excluding carboxylic acids is 1. The normalized spacial score (nSPS) is 17.3. The monoisotopic (exact) mass is 575 g/mol. The molecule has 0 amide bonds. The number of nitrogens with two attached hydrogens (primary N) is 1. The number of ether oxygens (including phenoxy) is 2. The van der Waals surface area contributed by atoms with E-state index in [1.54, 1.807) is 18.3 Å². The van der Waals surface area contributed by atoms with E-state index in [4.69, 9.17) is 20.2 Å². The number of esters is 1. The van der Waals surface area contributed by atoms with Gasteiger partial charge in [0.25, 0.3) is 0 Å². The van der Waals surface area contributed by atoms with Crippen LogP contribution in [-0.4, -0.2) is 41.8 Å². The molecule has 3 aromatic rings. The highest BCUT2D eigenvalue weighted by molar-refractivity contribution is 7.99. The van der Waals surface area contributed by atoms with Crippen molar-refractivity contribution in [2.24, 2.45) is 5.73 Å².